The summed E-state index contributed by atoms with van der Waals surface area (Å²) >= 11 is 0. The fraction of sp³-hybridized carbons (Fsp3) is 0.818. The highest BCUT2D eigenvalue weighted by Crippen LogP contribution is 2.13. The minimum Gasteiger partial charge on any atom is -0.480 e. The molecule has 1 aliphatic rings. The number of urea groups is 1. The van der Waals surface area contributed by atoms with Gasteiger partial charge in [-0.25, -0.2) is 4.79 Å². The Morgan fingerprint density at radius 3 is 2.53 bits per heavy atom. The van der Waals surface area contributed by atoms with Gasteiger partial charge in [-0.3, -0.25) is 4.79 Å². The number of carboxylic acids is 1. The monoisotopic (exact) mass is 244 g/mol. The average molecular weight is 244 g/mol. The first-order valence-electron chi connectivity index (χ1n) is 5.80. The highest BCUT2D eigenvalue weighted by molar-refractivity contribution is 5.79. The van der Waals surface area contributed by atoms with Gasteiger partial charge in [0.15, 0.2) is 0 Å². The molecular formula is C11H20N2O4. The van der Waals surface area contributed by atoms with Crippen LogP contribution in [-0.4, -0.2) is 66.8 Å². The first-order valence-corrected chi connectivity index (χ1v) is 5.80. The van der Waals surface area contributed by atoms with Crippen LogP contribution in [-0.2, 0) is 9.53 Å². The fourth-order valence-electron chi connectivity index (χ4n) is 1.90. The lowest BCUT2D eigenvalue weighted by Crippen LogP contribution is -2.45. The molecule has 0 aromatic carbocycles. The topological polar surface area (TPSA) is 70.1 Å². The molecule has 1 fully saturated rings. The number of nitrogens with zero attached hydrogens (tertiary/aromatic N) is 2. The standard InChI is InChI=1S/C11H20N2O4/c1-12(7-9-5-3-4-6-17-9)11(16)13(2)8-10(14)15/h9H,3-8H2,1-2H3,(H,14,15). The molecule has 1 aliphatic heterocycles. The van der Waals surface area contributed by atoms with E-state index in [2.05, 4.69) is 0 Å². The van der Waals surface area contributed by atoms with E-state index < -0.39 is 5.97 Å². The van der Waals surface area contributed by atoms with Gasteiger partial charge in [0, 0.05) is 27.2 Å². The van der Waals surface area contributed by atoms with Gasteiger partial charge in [0.25, 0.3) is 0 Å². The lowest BCUT2D eigenvalue weighted by molar-refractivity contribution is -0.137. The lowest BCUT2D eigenvalue weighted by Gasteiger charge is -2.29. The summed E-state index contributed by atoms with van der Waals surface area (Å²) in [6, 6.07) is -0.290. The van der Waals surface area contributed by atoms with E-state index >= 15 is 0 Å². The minimum atomic E-state index is -1.01. The van der Waals surface area contributed by atoms with Crippen LogP contribution in [0, 0.1) is 0 Å². The van der Waals surface area contributed by atoms with Crippen molar-refractivity contribution in [2.24, 2.45) is 0 Å². The predicted octanol–water partition coefficient (Wildman–Crippen LogP) is 0.624. The van der Waals surface area contributed by atoms with Gasteiger partial charge < -0.3 is 19.6 Å². The van der Waals surface area contributed by atoms with Gasteiger partial charge in [-0.2, -0.15) is 0 Å². The van der Waals surface area contributed by atoms with Crippen LogP contribution in [0.25, 0.3) is 0 Å². The van der Waals surface area contributed by atoms with Gasteiger partial charge in [0.1, 0.15) is 6.54 Å². The van der Waals surface area contributed by atoms with Crippen LogP contribution < -0.4 is 0 Å². The summed E-state index contributed by atoms with van der Waals surface area (Å²) in [5, 5.41) is 8.60. The zero-order valence-electron chi connectivity index (χ0n) is 10.4. The van der Waals surface area contributed by atoms with Crippen molar-refractivity contribution in [2.75, 3.05) is 33.8 Å². The van der Waals surface area contributed by atoms with Crippen LogP contribution in [0.3, 0.4) is 0 Å². The number of carboxylic acid groups (broad SMARTS) is 1. The number of likely N-dealkylation sites (N-methyl/N-ethyl adjacent to an activating group) is 2. The second-order valence-corrected chi connectivity index (χ2v) is 4.40. The third-order valence-corrected chi connectivity index (χ3v) is 2.78. The molecule has 1 saturated heterocycles. The number of hydrogen-bond acceptors (Lipinski definition) is 3. The first kappa shape index (κ1) is 13.8. The predicted molar refractivity (Wildman–Crippen MR) is 61.9 cm³/mol. The molecule has 0 spiro atoms. The van der Waals surface area contributed by atoms with E-state index in [1.54, 1.807) is 7.05 Å². The summed E-state index contributed by atoms with van der Waals surface area (Å²) in [6.07, 6.45) is 3.24. The number of carbonyl (C=O) groups excluding carboxylic acids is 1. The van der Waals surface area contributed by atoms with E-state index in [4.69, 9.17) is 9.84 Å². The van der Waals surface area contributed by atoms with Crippen LogP contribution in [0.2, 0.25) is 0 Å². The summed E-state index contributed by atoms with van der Waals surface area (Å²) in [5.74, 6) is -1.01. The zero-order chi connectivity index (χ0) is 12.8. The van der Waals surface area contributed by atoms with Crippen molar-refractivity contribution < 1.29 is 19.4 Å². The number of aliphatic carboxylic acids is 1. The highest BCUT2D eigenvalue weighted by atomic mass is 16.5. The van der Waals surface area contributed by atoms with Crippen molar-refractivity contribution in [1.29, 1.82) is 0 Å². The number of ether oxygens (including phenoxy) is 1. The third-order valence-electron chi connectivity index (χ3n) is 2.78. The van der Waals surface area contributed by atoms with E-state index in [0.717, 1.165) is 25.9 Å². The molecule has 1 unspecified atom stereocenters. The Hall–Kier alpha value is -1.30. The van der Waals surface area contributed by atoms with E-state index in [1.165, 1.54) is 16.8 Å². The van der Waals surface area contributed by atoms with Crippen LogP contribution in [0.15, 0.2) is 0 Å². The van der Waals surface area contributed by atoms with Gasteiger partial charge in [0.05, 0.1) is 6.10 Å². The molecule has 0 aromatic rings. The third kappa shape index (κ3) is 4.60. The number of carbonyl (C=O) groups is 2. The molecule has 1 N–H and O–H groups in total. The molecule has 0 aromatic heterocycles. The van der Waals surface area contributed by atoms with E-state index in [9.17, 15) is 9.59 Å². The molecule has 1 atom stereocenters. The number of rotatable bonds is 4. The molecule has 2 amide bonds. The fourth-order valence-corrected chi connectivity index (χ4v) is 1.90. The Kier molecular flexibility index (Phi) is 5.21. The Morgan fingerprint density at radius 2 is 2.00 bits per heavy atom. The normalized spacial score (nSPS) is 19.8. The summed E-state index contributed by atoms with van der Waals surface area (Å²) in [6.45, 7) is 0.981. The van der Waals surface area contributed by atoms with Gasteiger partial charge in [-0.1, -0.05) is 0 Å². The minimum absolute atomic E-state index is 0.0796. The van der Waals surface area contributed by atoms with E-state index in [-0.39, 0.29) is 18.7 Å². The van der Waals surface area contributed by atoms with Gasteiger partial charge in [0.2, 0.25) is 0 Å². The summed E-state index contributed by atoms with van der Waals surface area (Å²) in [5.41, 5.74) is 0. The van der Waals surface area contributed by atoms with Gasteiger partial charge >= 0.3 is 12.0 Å². The molecule has 0 saturated carbocycles. The second kappa shape index (κ2) is 6.44. The van der Waals surface area contributed by atoms with Crippen LogP contribution in [0.1, 0.15) is 19.3 Å². The Bertz CT molecular complexity index is 277. The molecule has 0 bridgehead atoms. The summed E-state index contributed by atoms with van der Waals surface area (Å²) in [7, 11) is 3.15. The molecule has 98 valence electrons. The molecule has 0 radical (unpaired) electrons. The quantitative estimate of drug-likeness (QED) is 0.787. The molecule has 1 rings (SSSR count). The molecular weight excluding hydrogens is 224 g/mol. The van der Waals surface area contributed by atoms with Crippen molar-refractivity contribution in [2.45, 2.75) is 25.4 Å². The summed E-state index contributed by atoms with van der Waals surface area (Å²) < 4.78 is 5.53. The smallest absolute Gasteiger partial charge is 0.323 e. The maximum atomic E-state index is 11.8. The Labute approximate surface area is 101 Å². The second-order valence-electron chi connectivity index (χ2n) is 4.40. The molecule has 6 heteroatoms. The van der Waals surface area contributed by atoms with Crippen LogP contribution >= 0.6 is 0 Å². The van der Waals surface area contributed by atoms with Gasteiger partial charge in [-0.15, -0.1) is 0 Å². The molecule has 6 nitrogen and oxygen atoms in total. The van der Waals surface area contributed by atoms with Crippen molar-refractivity contribution in [3.63, 3.8) is 0 Å². The van der Waals surface area contributed by atoms with Crippen molar-refractivity contribution in [3.8, 4) is 0 Å². The average Bonchev–Trinajstić information content (AvgIpc) is 2.28. The van der Waals surface area contributed by atoms with Crippen molar-refractivity contribution >= 4 is 12.0 Å². The molecule has 0 aliphatic carbocycles. The maximum absolute atomic E-state index is 11.8. The molecule has 1 heterocycles. The van der Waals surface area contributed by atoms with Gasteiger partial charge in [-0.05, 0) is 19.3 Å². The SMILES string of the molecule is CN(CC(=O)O)C(=O)N(C)CC1CCCCO1. The van der Waals surface area contributed by atoms with E-state index in [1.807, 2.05) is 0 Å². The number of hydrogen-bond donors (Lipinski definition) is 1. The van der Waals surface area contributed by atoms with Crippen LogP contribution in [0.5, 0.6) is 0 Å². The number of amides is 2. The Morgan fingerprint density at radius 1 is 1.29 bits per heavy atom. The zero-order valence-corrected chi connectivity index (χ0v) is 10.4. The Balaban J connectivity index is 2.37. The summed E-state index contributed by atoms with van der Waals surface area (Å²) in [4.78, 5) is 25.0. The highest BCUT2D eigenvalue weighted by Gasteiger charge is 2.21. The van der Waals surface area contributed by atoms with E-state index in [0.29, 0.717) is 6.54 Å². The lowest BCUT2D eigenvalue weighted by atomic mass is 10.1. The van der Waals surface area contributed by atoms with Crippen molar-refractivity contribution in [1.82, 2.24) is 9.80 Å². The largest absolute Gasteiger partial charge is 0.480 e. The maximum Gasteiger partial charge on any atom is 0.323 e. The van der Waals surface area contributed by atoms with Crippen molar-refractivity contribution in [3.05, 3.63) is 0 Å². The molecule has 17 heavy (non-hydrogen) atoms. The van der Waals surface area contributed by atoms with Crippen LogP contribution in [0.4, 0.5) is 4.79 Å². The first-order chi connectivity index (χ1) is 8.00.